The average molecular weight is 333 g/mol. The molecule has 0 bridgehead atoms. The maximum atomic E-state index is 14.3. The Kier molecular flexibility index (Phi) is 4.32. The molecule has 3 rings (SSSR count). The van der Waals surface area contributed by atoms with Crippen molar-refractivity contribution >= 4 is 5.78 Å². The van der Waals surface area contributed by atoms with Crippen LogP contribution in [0.5, 0.6) is 5.88 Å². The summed E-state index contributed by atoms with van der Waals surface area (Å²) in [6.45, 7) is 3.09. The van der Waals surface area contributed by atoms with Crippen LogP contribution in [0.25, 0.3) is 11.1 Å². The van der Waals surface area contributed by atoms with Crippen LogP contribution in [0.1, 0.15) is 29.9 Å². The predicted octanol–water partition coefficient (Wildman–Crippen LogP) is 3.16. The lowest BCUT2D eigenvalue weighted by Gasteiger charge is -2.31. The van der Waals surface area contributed by atoms with Gasteiger partial charge < -0.3 is 9.84 Å². The van der Waals surface area contributed by atoms with Crippen molar-refractivity contribution in [1.29, 1.82) is 0 Å². The minimum atomic E-state index is -0.713. The summed E-state index contributed by atoms with van der Waals surface area (Å²) >= 11 is 0. The van der Waals surface area contributed by atoms with Crippen LogP contribution in [0.4, 0.5) is 8.78 Å². The van der Waals surface area contributed by atoms with Crippen LogP contribution in [0.15, 0.2) is 24.3 Å². The van der Waals surface area contributed by atoms with Crippen molar-refractivity contribution in [3.05, 3.63) is 47.2 Å². The van der Waals surface area contributed by atoms with Gasteiger partial charge in [-0.25, -0.2) is 13.8 Å². The van der Waals surface area contributed by atoms with Crippen LogP contribution < -0.4 is 4.74 Å². The van der Waals surface area contributed by atoms with Crippen molar-refractivity contribution in [3.8, 4) is 17.0 Å². The van der Waals surface area contributed by atoms with Crippen LogP contribution >= 0.6 is 0 Å². The van der Waals surface area contributed by atoms with Gasteiger partial charge in [0.25, 0.3) is 0 Å². The summed E-state index contributed by atoms with van der Waals surface area (Å²) < 4.78 is 33.2. The van der Waals surface area contributed by atoms with E-state index in [1.165, 1.54) is 25.1 Å². The molecular weight excluding hydrogens is 316 g/mol. The molecule has 6 heteroatoms. The minimum Gasteiger partial charge on any atom is -0.471 e. The Labute approximate surface area is 138 Å². The first-order chi connectivity index (χ1) is 11.4. The van der Waals surface area contributed by atoms with Gasteiger partial charge in [0.05, 0.1) is 6.61 Å². The highest BCUT2D eigenvalue weighted by Crippen LogP contribution is 2.38. The number of halogens is 2. The number of Topliss-reactive ketones (excluding diaryl/α,β-unsaturated/α-hetero) is 1. The second-order valence-corrected chi connectivity index (χ2v) is 6.04. The highest BCUT2D eigenvalue weighted by atomic mass is 19.1. The Morgan fingerprint density at radius 3 is 2.71 bits per heavy atom. The number of benzene rings is 1. The first kappa shape index (κ1) is 16.5. The lowest BCUT2D eigenvalue weighted by molar-refractivity contribution is 0.0561. The molecule has 1 aromatic heterocycles. The molecule has 0 spiro atoms. The van der Waals surface area contributed by atoms with E-state index in [1.807, 2.05) is 6.92 Å². The van der Waals surface area contributed by atoms with Gasteiger partial charge in [0.2, 0.25) is 5.88 Å². The third-order valence-corrected chi connectivity index (χ3v) is 4.27. The van der Waals surface area contributed by atoms with Crippen molar-refractivity contribution in [3.63, 3.8) is 0 Å². The largest absolute Gasteiger partial charge is 0.471 e. The zero-order chi connectivity index (χ0) is 17.4. The SMILES string of the molecule is CC(=O)c1cc(-c2ccc(F)cc2F)c2c(n1)O[C@H](CO)[C@H](C)C2. The van der Waals surface area contributed by atoms with Crippen molar-refractivity contribution in [2.24, 2.45) is 5.92 Å². The maximum absolute atomic E-state index is 14.3. The normalized spacial score (nSPS) is 19.5. The summed E-state index contributed by atoms with van der Waals surface area (Å²) in [7, 11) is 0. The molecule has 1 aromatic carbocycles. The lowest BCUT2D eigenvalue weighted by Crippen LogP contribution is -2.35. The van der Waals surface area contributed by atoms with Crippen molar-refractivity contribution in [2.75, 3.05) is 6.61 Å². The Bertz CT molecular complexity index is 807. The molecule has 0 unspecified atom stereocenters. The maximum Gasteiger partial charge on any atom is 0.218 e. The fourth-order valence-corrected chi connectivity index (χ4v) is 2.90. The second-order valence-electron chi connectivity index (χ2n) is 6.04. The number of carbonyl (C=O) groups is 1. The molecule has 1 aliphatic rings. The number of carbonyl (C=O) groups excluding carboxylic acids is 1. The van der Waals surface area contributed by atoms with E-state index in [4.69, 9.17) is 4.74 Å². The number of aromatic nitrogens is 1. The molecule has 126 valence electrons. The van der Waals surface area contributed by atoms with Crippen LogP contribution in [-0.2, 0) is 6.42 Å². The number of rotatable bonds is 3. The third-order valence-electron chi connectivity index (χ3n) is 4.27. The molecule has 0 radical (unpaired) electrons. The summed E-state index contributed by atoms with van der Waals surface area (Å²) in [4.78, 5) is 15.9. The first-order valence-corrected chi connectivity index (χ1v) is 7.68. The van der Waals surface area contributed by atoms with Gasteiger partial charge in [-0.1, -0.05) is 6.92 Å². The van der Waals surface area contributed by atoms with E-state index in [0.29, 0.717) is 17.5 Å². The van der Waals surface area contributed by atoms with Gasteiger partial charge in [0, 0.05) is 24.1 Å². The van der Waals surface area contributed by atoms with Gasteiger partial charge in [0.15, 0.2) is 5.78 Å². The molecule has 1 N–H and O–H groups in total. The molecular formula is C18H17F2NO3. The number of aliphatic hydroxyl groups is 1. The smallest absolute Gasteiger partial charge is 0.218 e. The Hall–Kier alpha value is -2.34. The fraction of sp³-hybridized carbons (Fsp3) is 0.333. The van der Waals surface area contributed by atoms with Gasteiger partial charge in [-0.3, -0.25) is 4.79 Å². The molecule has 2 aromatic rings. The topological polar surface area (TPSA) is 59.4 Å². The third kappa shape index (κ3) is 2.89. The minimum absolute atomic E-state index is 0.00487. The molecule has 24 heavy (non-hydrogen) atoms. The molecule has 4 nitrogen and oxygen atoms in total. The highest BCUT2D eigenvalue weighted by Gasteiger charge is 2.31. The molecule has 0 saturated carbocycles. The van der Waals surface area contributed by atoms with Crippen LogP contribution in [0, 0.1) is 17.6 Å². The number of hydrogen-bond acceptors (Lipinski definition) is 4. The van der Waals surface area contributed by atoms with E-state index >= 15 is 0 Å². The number of hydrogen-bond donors (Lipinski definition) is 1. The van der Waals surface area contributed by atoms with Gasteiger partial charge in [-0.05, 0) is 36.1 Å². The summed E-state index contributed by atoms with van der Waals surface area (Å²) in [5, 5.41) is 9.41. The van der Waals surface area contributed by atoms with E-state index < -0.39 is 17.7 Å². The molecule has 0 saturated heterocycles. The zero-order valence-electron chi connectivity index (χ0n) is 13.3. The summed E-state index contributed by atoms with van der Waals surface area (Å²) in [6.07, 6.45) is 0.0795. The number of ketones is 1. The summed E-state index contributed by atoms with van der Waals surface area (Å²) in [5.74, 6) is -1.46. The molecule has 0 fully saturated rings. The number of fused-ring (bicyclic) bond motifs is 1. The molecule has 2 heterocycles. The molecule has 0 amide bonds. The van der Waals surface area contributed by atoms with Crippen LogP contribution in [-0.4, -0.2) is 28.6 Å². The first-order valence-electron chi connectivity index (χ1n) is 7.68. The van der Waals surface area contributed by atoms with Crippen LogP contribution in [0.3, 0.4) is 0 Å². The molecule has 0 aliphatic carbocycles. The average Bonchev–Trinajstić information content (AvgIpc) is 2.53. The van der Waals surface area contributed by atoms with Crippen molar-refractivity contribution < 1.29 is 23.4 Å². The van der Waals surface area contributed by atoms with E-state index in [9.17, 15) is 18.7 Å². The predicted molar refractivity (Wildman–Crippen MR) is 84.0 cm³/mol. The number of ether oxygens (including phenoxy) is 1. The van der Waals surface area contributed by atoms with E-state index in [-0.39, 0.29) is 35.4 Å². The highest BCUT2D eigenvalue weighted by molar-refractivity contribution is 5.94. The number of pyridine rings is 1. The van der Waals surface area contributed by atoms with E-state index in [2.05, 4.69) is 4.98 Å². The second kappa shape index (κ2) is 6.28. The molecule has 2 atom stereocenters. The van der Waals surface area contributed by atoms with Crippen LogP contribution in [0.2, 0.25) is 0 Å². The summed E-state index contributed by atoms with van der Waals surface area (Å²) in [5.41, 5.74) is 1.45. The number of aliphatic hydroxyl groups excluding tert-OH is 1. The molecule has 1 aliphatic heterocycles. The zero-order valence-corrected chi connectivity index (χ0v) is 13.3. The van der Waals surface area contributed by atoms with Gasteiger partial charge in [-0.2, -0.15) is 0 Å². The van der Waals surface area contributed by atoms with Crippen molar-refractivity contribution in [2.45, 2.75) is 26.4 Å². The Balaban J connectivity index is 2.21. The van der Waals surface area contributed by atoms with Gasteiger partial charge in [0.1, 0.15) is 23.4 Å². The van der Waals surface area contributed by atoms with Gasteiger partial charge in [-0.15, -0.1) is 0 Å². The lowest BCUT2D eigenvalue weighted by atomic mass is 9.88. The Morgan fingerprint density at radius 2 is 2.08 bits per heavy atom. The van der Waals surface area contributed by atoms with E-state index in [1.54, 1.807) is 0 Å². The van der Waals surface area contributed by atoms with Crippen molar-refractivity contribution in [1.82, 2.24) is 4.98 Å². The fourth-order valence-electron chi connectivity index (χ4n) is 2.90. The monoisotopic (exact) mass is 333 g/mol. The summed E-state index contributed by atoms with van der Waals surface area (Å²) in [6, 6.07) is 4.82. The standard InChI is InChI=1S/C18H17F2NO3/c1-9-5-14-13(12-4-3-11(19)6-15(12)20)7-16(10(2)23)21-18(14)24-17(9)8-22/h3-4,6-7,9,17,22H,5,8H2,1-2H3/t9-,17-/m1/s1. The van der Waals surface area contributed by atoms with Gasteiger partial charge >= 0.3 is 0 Å². The Morgan fingerprint density at radius 1 is 1.33 bits per heavy atom. The quantitative estimate of drug-likeness (QED) is 0.877. The van der Waals surface area contributed by atoms with E-state index in [0.717, 1.165) is 6.07 Å². The number of nitrogens with zero attached hydrogens (tertiary/aromatic N) is 1.